The zero-order valence-corrected chi connectivity index (χ0v) is 19.9. The van der Waals surface area contributed by atoms with Crippen LogP contribution in [0.5, 0.6) is 17.2 Å². The van der Waals surface area contributed by atoms with E-state index < -0.39 is 0 Å². The van der Waals surface area contributed by atoms with Crippen molar-refractivity contribution in [1.82, 2.24) is 20.5 Å². The summed E-state index contributed by atoms with van der Waals surface area (Å²) in [5.74, 6) is 2.17. The Labute approximate surface area is 198 Å². The van der Waals surface area contributed by atoms with Crippen LogP contribution in [-0.2, 0) is 17.6 Å². The number of aryl methyl sites for hydroxylation is 1. The monoisotopic (exact) mass is 466 g/mol. The van der Waals surface area contributed by atoms with Crippen molar-refractivity contribution in [1.29, 1.82) is 0 Å². The lowest BCUT2D eigenvalue weighted by Gasteiger charge is -2.10. The largest absolute Gasteiger partial charge is 0.493 e. The number of nitrogens with zero attached hydrogens (tertiary/aromatic N) is 2. The van der Waals surface area contributed by atoms with Gasteiger partial charge in [0.25, 0.3) is 5.56 Å². The molecule has 9 nitrogen and oxygen atoms in total. The quantitative estimate of drug-likeness (QED) is 0.446. The molecule has 0 unspecified atom stereocenters. The number of ether oxygens (including phenoxy) is 3. The Balaban J connectivity index is 1.52. The highest BCUT2D eigenvalue weighted by molar-refractivity contribution is 5.76. The number of aromatic nitrogens is 3. The van der Waals surface area contributed by atoms with Gasteiger partial charge in [-0.25, -0.2) is 0 Å². The second-order valence-corrected chi connectivity index (χ2v) is 7.93. The van der Waals surface area contributed by atoms with Crippen LogP contribution in [0, 0.1) is 0 Å². The third-order valence-electron chi connectivity index (χ3n) is 5.02. The van der Waals surface area contributed by atoms with E-state index in [9.17, 15) is 9.59 Å². The Hall–Kier alpha value is -3.88. The lowest BCUT2D eigenvalue weighted by molar-refractivity contribution is -0.121. The average molecular weight is 467 g/mol. The first-order valence-corrected chi connectivity index (χ1v) is 11.1. The highest BCUT2D eigenvalue weighted by atomic mass is 16.5. The van der Waals surface area contributed by atoms with Crippen LogP contribution in [-0.4, -0.2) is 48.0 Å². The Morgan fingerprint density at radius 1 is 1.03 bits per heavy atom. The van der Waals surface area contributed by atoms with Gasteiger partial charge in [0.05, 0.1) is 20.3 Å². The molecule has 0 aliphatic heterocycles. The van der Waals surface area contributed by atoms with Crippen LogP contribution in [0.25, 0.3) is 11.4 Å². The number of amides is 1. The number of H-pyrrole nitrogens is 1. The van der Waals surface area contributed by atoms with Crippen molar-refractivity contribution in [2.24, 2.45) is 0 Å². The molecule has 3 aromatic rings. The molecule has 0 radical (unpaired) electrons. The number of hydrogen-bond donors (Lipinski definition) is 2. The van der Waals surface area contributed by atoms with Gasteiger partial charge in [-0.1, -0.05) is 18.2 Å². The van der Waals surface area contributed by atoms with Crippen LogP contribution in [0.2, 0.25) is 0 Å². The van der Waals surface area contributed by atoms with E-state index in [0.29, 0.717) is 41.6 Å². The molecular weight excluding hydrogens is 436 g/mol. The summed E-state index contributed by atoms with van der Waals surface area (Å²) in [6.45, 7) is 4.34. The number of carbonyl (C=O) groups excluding carboxylic acids is 1. The van der Waals surface area contributed by atoms with E-state index in [0.717, 1.165) is 5.56 Å². The maximum Gasteiger partial charge on any atom is 0.273 e. The molecule has 0 saturated carbocycles. The summed E-state index contributed by atoms with van der Waals surface area (Å²) in [6, 6.07) is 12.9. The van der Waals surface area contributed by atoms with Crippen LogP contribution in [0.4, 0.5) is 0 Å². The van der Waals surface area contributed by atoms with Crippen molar-refractivity contribution in [3.63, 3.8) is 0 Å². The molecule has 1 heterocycles. The lowest BCUT2D eigenvalue weighted by atomic mass is 10.1. The fraction of sp³-hybridized carbons (Fsp3) is 0.360. The van der Waals surface area contributed by atoms with Crippen molar-refractivity contribution in [3.8, 4) is 28.6 Å². The van der Waals surface area contributed by atoms with Gasteiger partial charge in [0.2, 0.25) is 5.91 Å². The van der Waals surface area contributed by atoms with Crippen LogP contribution >= 0.6 is 0 Å². The summed E-state index contributed by atoms with van der Waals surface area (Å²) in [5.41, 5.74) is 1.56. The first-order chi connectivity index (χ1) is 16.4. The van der Waals surface area contributed by atoms with Gasteiger partial charge in [-0.2, -0.15) is 0 Å². The number of nitrogens with one attached hydrogen (secondary N) is 2. The molecule has 0 aliphatic rings. The average Bonchev–Trinajstić information content (AvgIpc) is 2.83. The van der Waals surface area contributed by atoms with Gasteiger partial charge in [0.1, 0.15) is 11.4 Å². The fourth-order valence-corrected chi connectivity index (χ4v) is 3.35. The maximum absolute atomic E-state index is 12.5. The van der Waals surface area contributed by atoms with Gasteiger partial charge in [-0.15, -0.1) is 10.2 Å². The molecule has 0 saturated heterocycles. The first kappa shape index (κ1) is 24.8. The topological polar surface area (TPSA) is 115 Å². The summed E-state index contributed by atoms with van der Waals surface area (Å²) in [7, 11) is 3.17. The first-order valence-electron chi connectivity index (χ1n) is 11.1. The molecule has 0 fully saturated rings. The van der Waals surface area contributed by atoms with Crippen molar-refractivity contribution in [3.05, 3.63) is 64.1 Å². The molecule has 0 spiro atoms. The zero-order valence-electron chi connectivity index (χ0n) is 19.9. The van der Waals surface area contributed by atoms with Crippen LogP contribution in [0.1, 0.15) is 31.5 Å². The molecule has 0 aliphatic carbocycles. The standard InChI is InChI=1S/C25H30N4O5/c1-16(2)34-19-7-5-6-18(15-19)24-27-25(31)20(28-29-24)9-11-23(30)26-13-12-17-8-10-21(32-3)22(14-17)33-4/h5-8,10,14-16H,9,11-13H2,1-4H3,(H,26,30)(H,27,29,31). The van der Waals surface area contributed by atoms with E-state index in [2.05, 4.69) is 20.5 Å². The van der Waals surface area contributed by atoms with Gasteiger partial charge in [-0.05, 0) is 50.1 Å². The van der Waals surface area contributed by atoms with Gasteiger partial charge in [-0.3, -0.25) is 9.59 Å². The molecule has 180 valence electrons. The highest BCUT2D eigenvalue weighted by Crippen LogP contribution is 2.27. The van der Waals surface area contributed by atoms with Crippen molar-refractivity contribution in [2.45, 2.75) is 39.2 Å². The minimum absolute atomic E-state index is 0.0351. The third kappa shape index (κ3) is 6.81. The second kappa shape index (κ2) is 11.8. The van der Waals surface area contributed by atoms with E-state index in [1.165, 1.54) is 0 Å². The van der Waals surface area contributed by atoms with Gasteiger partial charge < -0.3 is 24.5 Å². The van der Waals surface area contributed by atoms with Crippen LogP contribution in [0.3, 0.4) is 0 Å². The summed E-state index contributed by atoms with van der Waals surface area (Å²) < 4.78 is 16.2. The molecule has 34 heavy (non-hydrogen) atoms. The zero-order chi connectivity index (χ0) is 24.5. The normalized spacial score (nSPS) is 10.7. The number of aromatic amines is 1. The maximum atomic E-state index is 12.5. The Morgan fingerprint density at radius 2 is 1.82 bits per heavy atom. The van der Waals surface area contributed by atoms with E-state index in [1.54, 1.807) is 20.3 Å². The smallest absolute Gasteiger partial charge is 0.273 e. The molecule has 1 aromatic heterocycles. The Bertz CT molecular complexity index is 1180. The molecular formula is C25H30N4O5. The second-order valence-electron chi connectivity index (χ2n) is 7.93. The van der Waals surface area contributed by atoms with Crippen molar-refractivity contribution < 1.29 is 19.0 Å². The number of carbonyl (C=O) groups is 1. The number of methoxy groups -OCH3 is 2. The number of rotatable bonds is 11. The summed E-state index contributed by atoms with van der Waals surface area (Å²) in [5, 5.41) is 11.0. The molecule has 9 heteroatoms. The third-order valence-corrected chi connectivity index (χ3v) is 5.02. The predicted octanol–water partition coefficient (Wildman–Crippen LogP) is 2.93. The molecule has 0 atom stereocenters. The van der Waals surface area contributed by atoms with Gasteiger partial charge in [0, 0.05) is 24.9 Å². The molecule has 2 aromatic carbocycles. The summed E-state index contributed by atoms with van der Waals surface area (Å²) in [4.78, 5) is 27.4. The van der Waals surface area contributed by atoms with E-state index >= 15 is 0 Å². The molecule has 0 bridgehead atoms. The van der Waals surface area contributed by atoms with E-state index in [-0.39, 0.29) is 36.1 Å². The van der Waals surface area contributed by atoms with Crippen molar-refractivity contribution in [2.75, 3.05) is 20.8 Å². The van der Waals surface area contributed by atoms with Crippen molar-refractivity contribution >= 4 is 5.91 Å². The molecule has 2 N–H and O–H groups in total. The SMILES string of the molecule is COc1ccc(CCNC(=O)CCc2nnc(-c3cccc(OC(C)C)c3)[nH]c2=O)cc1OC. The van der Waals surface area contributed by atoms with E-state index in [1.807, 2.05) is 50.2 Å². The van der Waals surface area contributed by atoms with Gasteiger partial charge >= 0.3 is 0 Å². The molecule has 1 amide bonds. The highest BCUT2D eigenvalue weighted by Gasteiger charge is 2.11. The van der Waals surface area contributed by atoms with Crippen LogP contribution < -0.4 is 25.1 Å². The number of hydrogen-bond acceptors (Lipinski definition) is 7. The molecule has 3 rings (SSSR count). The van der Waals surface area contributed by atoms with Crippen LogP contribution in [0.15, 0.2) is 47.3 Å². The Kier molecular flexibility index (Phi) is 8.61. The number of benzene rings is 2. The van der Waals surface area contributed by atoms with Gasteiger partial charge in [0.15, 0.2) is 17.3 Å². The fourth-order valence-electron chi connectivity index (χ4n) is 3.35. The van der Waals surface area contributed by atoms with E-state index in [4.69, 9.17) is 14.2 Å². The Morgan fingerprint density at radius 3 is 2.53 bits per heavy atom. The summed E-state index contributed by atoms with van der Waals surface area (Å²) >= 11 is 0. The minimum Gasteiger partial charge on any atom is -0.493 e. The lowest BCUT2D eigenvalue weighted by Crippen LogP contribution is -2.27. The summed E-state index contributed by atoms with van der Waals surface area (Å²) in [6.07, 6.45) is 1.01. The minimum atomic E-state index is -0.363. The predicted molar refractivity (Wildman–Crippen MR) is 128 cm³/mol.